The summed E-state index contributed by atoms with van der Waals surface area (Å²) in [5.41, 5.74) is 4.29. The van der Waals surface area contributed by atoms with Gasteiger partial charge in [-0.1, -0.05) is 23.7 Å². The van der Waals surface area contributed by atoms with Crippen LogP contribution in [0, 0.1) is 6.92 Å². The van der Waals surface area contributed by atoms with Crippen LogP contribution in [-0.2, 0) is 0 Å². The zero-order valence-corrected chi connectivity index (χ0v) is 15.4. The van der Waals surface area contributed by atoms with Gasteiger partial charge in [-0.15, -0.1) is 0 Å². The number of rotatable bonds is 5. The summed E-state index contributed by atoms with van der Waals surface area (Å²) in [6, 6.07) is 13.5. The minimum atomic E-state index is -0.175. The number of para-hydroxylation sites is 1. The van der Waals surface area contributed by atoms with Crippen LogP contribution in [0.25, 0.3) is 10.9 Å². The van der Waals surface area contributed by atoms with E-state index >= 15 is 0 Å². The van der Waals surface area contributed by atoms with Crippen molar-refractivity contribution in [3.8, 4) is 0 Å². The topological polar surface area (TPSA) is 48.1 Å². The molecule has 0 bridgehead atoms. The molecule has 0 saturated carbocycles. The lowest BCUT2D eigenvalue weighted by atomic mass is 10.1. The molecule has 1 aromatic heterocycles. The summed E-state index contributed by atoms with van der Waals surface area (Å²) < 4.78 is 0. The van der Waals surface area contributed by atoms with Gasteiger partial charge in [0.1, 0.15) is 5.69 Å². The largest absolute Gasteiger partial charge is 0.372 e. The normalized spacial score (nSPS) is 10.9. The number of aromatic amines is 1. The first-order valence-corrected chi connectivity index (χ1v) is 8.85. The lowest BCUT2D eigenvalue weighted by molar-refractivity contribution is 0.102. The molecule has 0 spiro atoms. The molecule has 5 heteroatoms. The van der Waals surface area contributed by atoms with E-state index < -0.39 is 0 Å². The smallest absolute Gasteiger partial charge is 0.272 e. The zero-order chi connectivity index (χ0) is 18.0. The summed E-state index contributed by atoms with van der Waals surface area (Å²) in [6.45, 7) is 8.19. The highest BCUT2D eigenvalue weighted by molar-refractivity contribution is 6.35. The van der Waals surface area contributed by atoms with Crippen molar-refractivity contribution in [2.75, 3.05) is 23.3 Å². The molecule has 1 heterocycles. The van der Waals surface area contributed by atoms with Gasteiger partial charge in [0.25, 0.3) is 5.91 Å². The first kappa shape index (κ1) is 17.4. The van der Waals surface area contributed by atoms with E-state index in [2.05, 4.69) is 35.1 Å². The molecule has 0 aliphatic heterocycles. The number of nitrogens with zero attached hydrogens (tertiary/aromatic N) is 1. The van der Waals surface area contributed by atoms with Crippen LogP contribution >= 0.6 is 11.6 Å². The summed E-state index contributed by atoms with van der Waals surface area (Å²) in [4.78, 5) is 18.0. The fraction of sp³-hybridized carbons (Fsp3) is 0.250. The van der Waals surface area contributed by atoms with Gasteiger partial charge in [-0.2, -0.15) is 0 Å². The first-order chi connectivity index (χ1) is 12.0. The molecular weight excluding hydrogens is 334 g/mol. The Morgan fingerprint density at radius 3 is 2.56 bits per heavy atom. The van der Waals surface area contributed by atoms with Crippen molar-refractivity contribution in [3.63, 3.8) is 0 Å². The Balaban J connectivity index is 1.83. The van der Waals surface area contributed by atoms with Crippen molar-refractivity contribution in [3.05, 3.63) is 58.7 Å². The fourth-order valence-electron chi connectivity index (χ4n) is 3.00. The molecule has 0 saturated heterocycles. The van der Waals surface area contributed by atoms with E-state index in [4.69, 9.17) is 11.6 Å². The minimum Gasteiger partial charge on any atom is -0.372 e. The number of amides is 1. The van der Waals surface area contributed by atoms with Gasteiger partial charge in [0.15, 0.2) is 0 Å². The molecule has 0 aliphatic carbocycles. The van der Waals surface area contributed by atoms with Gasteiger partial charge in [-0.05, 0) is 56.7 Å². The van der Waals surface area contributed by atoms with Gasteiger partial charge < -0.3 is 15.2 Å². The number of carbonyl (C=O) groups excluding carboxylic acids is 1. The maximum absolute atomic E-state index is 12.6. The number of nitrogens with one attached hydrogen (secondary N) is 2. The monoisotopic (exact) mass is 355 g/mol. The zero-order valence-electron chi connectivity index (χ0n) is 14.7. The van der Waals surface area contributed by atoms with Crippen molar-refractivity contribution in [1.82, 2.24) is 4.98 Å². The second-order valence-corrected chi connectivity index (χ2v) is 6.42. The average Bonchev–Trinajstić information content (AvgIpc) is 3.04. The molecule has 0 radical (unpaired) electrons. The Kier molecular flexibility index (Phi) is 5.00. The van der Waals surface area contributed by atoms with E-state index in [0.717, 1.165) is 40.9 Å². The number of hydrogen-bond acceptors (Lipinski definition) is 2. The van der Waals surface area contributed by atoms with E-state index in [-0.39, 0.29) is 5.91 Å². The first-order valence-electron chi connectivity index (χ1n) is 8.47. The number of H-pyrrole nitrogens is 1. The van der Waals surface area contributed by atoms with E-state index in [0.29, 0.717) is 10.7 Å². The minimum absolute atomic E-state index is 0.175. The quantitative estimate of drug-likeness (QED) is 0.658. The number of aromatic nitrogens is 1. The van der Waals surface area contributed by atoms with Gasteiger partial charge in [-0.3, -0.25) is 4.79 Å². The van der Waals surface area contributed by atoms with Crippen LogP contribution in [-0.4, -0.2) is 24.0 Å². The third kappa shape index (κ3) is 3.49. The fourth-order valence-corrected chi connectivity index (χ4v) is 3.23. The van der Waals surface area contributed by atoms with Crippen LogP contribution in [0.2, 0.25) is 5.02 Å². The molecule has 2 aromatic carbocycles. The summed E-state index contributed by atoms with van der Waals surface area (Å²) >= 11 is 6.17. The maximum atomic E-state index is 12.6. The highest BCUT2D eigenvalue weighted by atomic mass is 35.5. The molecule has 4 nitrogen and oxygen atoms in total. The standard InChI is InChI=1S/C20H22ClN3O/c1-4-24(5-2)15-9-10-17(13(3)11-15)23-20(25)18-12-14-7-6-8-16(21)19(14)22-18/h6-12,22H,4-5H2,1-3H3,(H,23,25). The van der Waals surface area contributed by atoms with Crippen molar-refractivity contribution < 1.29 is 4.79 Å². The third-order valence-electron chi connectivity index (χ3n) is 4.44. The van der Waals surface area contributed by atoms with Gasteiger partial charge in [0, 0.05) is 29.9 Å². The third-order valence-corrected chi connectivity index (χ3v) is 4.75. The summed E-state index contributed by atoms with van der Waals surface area (Å²) in [7, 11) is 0. The molecule has 25 heavy (non-hydrogen) atoms. The molecular formula is C20H22ClN3O. The Morgan fingerprint density at radius 2 is 1.92 bits per heavy atom. The van der Waals surface area contributed by atoms with Crippen molar-refractivity contribution in [2.45, 2.75) is 20.8 Å². The van der Waals surface area contributed by atoms with E-state index in [9.17, 15) is 4.79 Å². The molecule has 1 amide bonds. The number of fused-ring (bicyclic) bond motifs is 1. The van der Waals surface area contributed by atoms with E-state index in [1.165, 1.54) is 0 Å². The summed E-state index contributed by atoms with van der Waals surface area (Å²) in [5.74, 6) is -0.175. The van der Waals surface area contributed by atoms with Crippen molar-refractivity contribution in [2.24, 2.45) is 0 Å². The van der Waals surface area contributed by atoms with Crippen LogP contribution in [0.4, 0.5) is 11.4 Å². The van der Waals surface area contributed by atoms with Crippen LogP contribution in [0.5, 0.6) is 0 Å². The Labute approximate surface area is 152 Å². The van der Waals surface area contributed by atoms with Crippen LogP contribution in [0.15, 0.2) is 42.5 Å². The number of hydrogen-bond donors (Lipinski definition) is 2. The maximum Gasteiger partial charge on any atom is 0.272 e. The highest BCUT2D eigenvalue weighted by Crippen LogP contribution is 2.25. The molecule has 0 unspecified atom stereocenters. The second-order valence-electron chi connectivity index (χ2n) is 6.01. The van der Waals surface area contributed by atoms with Gasteiger partial charge >= 0.3 is 0 Å². The molecule has 2 N–H and O–H groups in total. The number of carbonyl (C=O) groups is 1. The second kappa shape index (κ2) is 7.19. The van der Waals surface area contributed by atoms with Gasteiger partial charge in [0.2, 0.25) is 0 Å². The van der Waals surface area contributed by atoms with E-state index in [1.807, 2.05) is 37.3 Å². The van der Waals surface area contributed by atoms with Crippen LogP contribution in [0.1, 0.15) is 29.9 Å². The van der Waals surface area contributed by atoms with Gasteiger partial charge in [-0.25, -0.2) is 0 Å². The summed E-state index contributed by atoms with van der Waals surface area (Å²) in [5, 5.41) is 4.51. The molecule has 3 aromatic rings. The Hall–Kier alpha value is -2.46. The molecule has 130 valence electrons. The number of anilines is 2. The SMILES string of the molecule is CCN(CC)c1ccc(NC(=O)c2cc3cccc(Cl)c3[nH]2)c(C)c1. The highest BCUT2D eigenvalue weighted by Gasteiger charge is 2.13. The predicted molar refractivity (Wildman–Crippen MR) is 106 cm³/mol. The Morgan fingerprint density at radius 1 is 1.16 bits per heavy atom. The Bertz CT molecular complexity index is 912. The molecule has 0 fully saturated rings. The molecule has 3 rings (SSSR count). The van der Waals surface area contributed by atoms with Crippen LogP contribution < -0.4 is 10.2 Å². The van der Waals surface area contributed by atoms with Crippen LogP contribution in [0.3, 0.4) is 0 Å². The molecule has 0 aliphatic rings. The van der Waals surface area contributed by atoms with Crippen molar-refractivity contribution >= 4 is 39.8 Å². The average molecular weight is 356 g/mol. The summed E-state index contributed by atoms with van der Waals surface area (Å²) in [6.07, 6.45) is 0. The predicted octanol–water partition coefficient (Wildman–Crippen LogP) is 5.23. The number of aryl methyl sites for hydroxylation is 1. The number of halogens is 1. The van der Waals surface area contributed by atoms with E-state index in [1.54, 1.807) is 6.07 Å². The van der Waals surface area contributed by atoms with Gasteiger partial charge in [0.05, 0.1) is 10.5 Å². The lowest BCUT2D eigenvalue weighted by Crippen LogP contribution is -2.22. The molecule has 0 atom stereocenters. The van der Waals surface area contributed by atoms with Crippen molar-refractivity contribution in [1.29, 1.82) is 0 Å². The number of benzene rings is 2. The lowest BCUT2D eigenvalue weighted by Gasteiger charge is -2.22.